The highest BCUT2D eigenvalue weighted by atomic mass is 35.5. The number of rotatable bonds is 8. The molecule has 0 heterocycles. The largest absolute Gasteiger partial charge is 0.366 e. The van der Waals surface area contributed by atoms with Gasteiger partial charge in [0.05, 0.1) is 10.7 Å². The van der Waals surface area contributed by atoms with Gasteiger partial charge in [0.2, 0.25) is 0 Å². The number of halogens is 1. The van der Waals surface area contributed by atoms with Crippen molar-refractivity contribution in [3.63, 3.8) is 0 Å². The van der Waals surface area contributed by atoms with Gasteiger partial charge in [-0.05, 0) is 52.4 Å². The van der Waals surface area contributed by atoms with Gasteiger partial charge in [-0.2, -0.15) is 0 Å². The predicted octanol–water partition coefficient (Wildman–Crippen LogP) is 3.37. The standard InChI is InChI=1S/C17H28ClN3/c1-5-21(13(2)12-20(3)4)17-14(7-6-8-16(17)18)11-19-15-9-10-15/h6-8,13,15,19H,5,9-12H2,1-4H3. The van der Waals surface area contributed by atoms with Gasteiger partial charge in [0, 0.05) is 31.7 Å². The van der Waals surface area contributed by atoms with Crippen LogP contribution in [0.5, 0.6) is 0 Å². The molecule has 0 saturated heterocycles. The highest BCUT2D eigenvalue weighted by Gasteiger charge is 2.23. The number of hydrogen-bond acceptors (Lipinski definition) is 3. The number of likely N-dealkylation sites (N-methyl/N-ethyl adjacent to an activating group) is 2. The van der Waals surface area contributed by atoms with Gasteiger partial charge >= 0.3 is 0 Å². The molecule has 1 aliphatic rings. The Labute approximate surface area is 134 Å². The van der Waals surface area contributed by atoms with Crippen LogP contribution in [0.15, 0.2) is 18.2 Å². The van der Waals surface area contributed by atoms with Crippen LogP contribution < -0.4 is 10.2 Å². The predicted molar refractivity (Wildman–Crippen MR) is 92.3 cm³/mol. The van der Waals surface area contributed by atoms with E-state index in [1.807, 2.05) is 6.07 Å². The van der Waals surface area contributed by atoms with E-state index >= 15 is 0 Å². The molecule has 1 aliphatic carbocycles. The summed E-state index contributed by atoms with van der Waals surface area (Å²) < 4.78 is 0. The lowest BCUT2D eigenvalue weighted by Crippen LogP contribution is -2.41. The van der Waals surface area contributed by atoms with Crippen LogP contribution in [0.3, 0.4) is 0 Å². The fraction of sp³-hybridized carbons (Fsp3) is 0.647. The van der Waals surface area contributed by atoms with Crippen LogP contribution in [-0.4, -0.2) is 44.2 Å². The van der Waals surface area contributed by atoms with Crippen molar-refractivity contribution in [3.05, 3.63) is 28.8 Å². The highest BCUT2D eigenvalue weighted by Crippen LogP contribution is 2.32. The zero-order valence-corrected chi connectivity index (χ0v) is 14.5. The normalized spacial score (nSPS) is 16.3. The van der Waals surface area contributed by atoms with Gasteiger partial charge in [-0.1, -0.05) is 23.7 Å². The molecule has 2 rings (SSSR count). The Kier molecular flexibility index (Phi) is 5.91. The van der Waals surface area contributed by atoms with E-state index in [-0.39, 0.29) is 0 Å². The molecule has 3 nitrogen and oxygen atoms in total. The first-order valence-corrected chi connectivity index (χ1v) is 8.32. The summed E-state index contributed by atoms with van der Waals surface area (Å²) >= 11 is 6.53. The zero-order valence-electron chi connectivity index (χ0n) is 13.7. The summed E-state index contributed by atoms with van der Waals surface area (Å²) in [5.74, 6) is 0. The summed E-state index contributed by atoms with van der Waals surface area (Å²) in [5, 5.41) is 4.46. The molecule has 1 aromatic rings. The Hall–Kier alpha value is -0.770. The minimum atomic E-state index is 0.435. The van der Waals surface area contributed by atoms with Crippen LogP contribution in [0.1, 0.15) is 32.3 Å². The maximum Gasteiger partial charge on any atom is 0.0643 e. The van der Waals surface area contributed by atoms with E-state index in [1.165, 1.54) is 24.1 Å². The van der Waals surface area contributed by atoms with Crippen molar-refractivity contribution in [2.24, 2.45) is 0 Å². The second kappa shape index (κ2) is 7.48. The first-order valence-electron chi connectivity index (χ1n) is 7.95. The fourth-order valence-corrected chi connectivity index (χ4v) is 3.19. The third-order valence-electron chi connectivity index (χ3n) is 4.02. The Morgan fingerprint density at radius 2 is 2.05 bits per heavy atom. The monoisotopic (exact) mass is 309 g/mol. The van der Waals surface area contributed by atoms with Crippen LogP contribution in [0.4, 0.5) is 5.69 Å². The lowest BCUT2D eigenvalue weighted by atomic mass is 10.1. The van der Waals surface area contributed by atoms with E-state index in [0.717, 1.165) is 24.7 Å². The average molecular weight is 310 g/mol. The Bertz CT molecular complexity index is 457. The van der Waals surface area contributed by atoms with Crippen LogP contribution in [-0.2, 0) is 6.54 Å². The van der Waals surface area contributed by atoms with Crippen molar-refractivity contribution in [1.82, 2.24) is 10.2 Å². The van der Waals surface area contributed by atoms with Crippen LogP contribution in [0.25, 0.3) is 0 Å². The third kappa shape index (κ3) is 4.60. The smallest absolute Gasteiger partial charge is 0.0643 e. The second-order valence-corrected chi connectivity index (χ2v) is 6.71. The molecule has 0 aromatic heterocycles. The van der Waals surface area contributed by atoms with Gasteiger partial charge < -0.3 is 15.1 Å². The molecular weight excluding hydrogens is 282 g/mol. The summed E-state index contributed by atoms with van der Waals surface area (Å²) in [6, 6.07) is 7.40. The number of para-hydroxylation sites is 1. The molecular formula is C17H28ClN3. The van der Waals surface area contributed by atoms with Gasteiger partial charge in [0.25, 0.3) is 0 Å². The molecule has 0 aliphatic heterocycles. The lowest BCUT2D eigenvalue weighted by molar-refractivity contribution is 0.372. The van der Waals surface area contributed by atoms with E-state index in [1.54, 1.807) is 0 Å². The molecule has 118 valence electrons. The number of anilines is 1. The van der Waals surface area contributed by atoms with Crippen molar-refractivity contribution in [3.8, 4) is 0 Å². The van der Waals surface area contributed by atoms with Crippen molar-refractivity contribution in [2.45, 2.75) is 45.3 Å². The molecule has 1 saturated carbocycles. The molecule has 1 aromatic carbocycles. The number of nitrogens with zero attached hydrogens (tertiary/aromatic N) is 2. The minimum Gasteiger partial charge on any atom is -0.366 e. The number of nitrogens with one attached hydrogen (secondary N) is 1. The zero-order chi connectivity index (χ0) is 15.4. The molecule has 0 amide bonds. The third-order valence-corrected chi connectivity index (χ3v) is 4.32. The number of benzene rings is 1. The molecule has 1 unspecified atom stereocenters. The summed E-state index contributed by atoms with van der Waals surface area (Å²) in [5.41, 5.74) is 2.51. The van der Waals surface area contributed by atoms with Gasteiger partial charge in [-0.3, -0.25) is 0 Å². The summed E-state index contributed by atoms with van der Waals surface area (Å²) in [6.45, 7) is 7.37. The molecule has 21 heavy (non-hydrogen) atoms. The first kappa shape index (κ1) is 16.6. The second-order valence-electron chi connectivity index (χ2n) is 6.30. The Balaban J connectivity index is 2.20. The van der Waals surface area contributed by atoms with Crippen molar-refractivity contribution < 1.29 is 0 Å². The summed E-state index contributed by atoms with van der Waals surface area (Å²) in [6.07, 6.45) is 2.62. The van der Waals surface area contributed by atoms with E-state index in [9.17, 15) is 0 Å². The summed E-state index contributed by atoms with van der Waals surface area (Å²) in [7, 11) is 4.24. The lowest BCUT2D eigenvalue weighted by Gasteiger charge is -2.34. The maximum absolute atomic E-state index is 6.53. The van der Waals surface area contributed by atoms with E-state index in [4.69, 9.17) is 11.6 Å². The Morgan fingerprint density at radius 1 is 1.33 bits per heavy atom. The van der Waals surface area contributed by atoms with E-state index < -0.39 is 0 Å². The minimum absolute atomic E-state index is 0.435. The van der Waals surface area contributed by atoms with Crippen molar-refractivity contribution >= 4 is 17.3 Å². The Morgan fingerprint density at radius 3 is 2.62 bits per heavy atom. The topological polar surface area (TPSA) is 18.5 Å². The van der Waals surface area contributed by atoms with Crippen molar-refractivity contribution in [2.75, 3.05) is 32.1 Å². The first-order chi connectivity index (χ1) is 10.0. The average Bonchev–Trinajstić information content (AvgIpc) is 3.23. The van der Waals surface area contributed by atoms with E-state index in [2.05, 4.69) is 55.2 Å². The molecule has 0 radical (unpaired) electrons. The highest BCUT2D eigenvalue weighted by molar-refractivity contribution is 6.33. The van der Waals surface area contributed by atoms with Crippen LogP contribution in [0, 0.1) is 0 Å². The fourth-order valence-electron chi connectivity index (χ4n) is 2.88. The van der Waals surface area contributed by atoms with Crippen molar-refractivity contribution in [1.29, 1.82) is 0 Å². The number of hydrogen-bond donors (Lipinski definition) is 1. The van der Waals surface area contributed by atoms with Gasteiger partial charge in [0.1, 0.15) is 0 Å². The van der Waals surface area contributed by atoms with Crippen LogP contribution >= 0.6 is 11.6 Å². The molecule has 1 atom stereocenters. The molecule has 0 spiro atoms. The van der Waals surface area contributed by atoms with Gasteiger partial charge in [0.15, 0.2) is 0 Å². The maximum atomic E-state index is 6.53. The SMILES string of the molecule is CCN(c1c(Cl)cccc1CNC1CC1)C(C)CN(C)C. The van der Waals surface area contributed by atoms with E-state index in [0.29, 0.717) is 12.1 Å². The summed E-state index contributed by atoms with van der Waals surface area (Å²) in [4.78, 5) is 4.65. The van der Waals surface area contributed by atoms with Crippen LogP contribution in [0.2, 0.25) is 5.02 Å². The van der Waals surface area contributed by atoms with Gasteiger partial charge in [-0.15, -0.1) is 0 Å². The van der Waals surface area contributed by atoms with Gasteiger partial charge in [-0.25, -0.2) is 0 Å². The molecule has 1 fully saturated rings. The quantitative estimate of drug-likeness (QED) is 0.794. The molecule has 1 N–H and O–H groups in total. The molecule has 4 heteroatoms. The molecule has 0 bridgehead atoms.